The number of imidazole rings is 1. The highest BCUT2D eigenvalue weighted by atomic mass is 32.1. The van der Waals surface area contributed by atoms with Gasteiger partial charge in [-0.25, -0.2) is 9.97 Å². The number of nitrogens with two attached hydrogens (primary N) is 1. The Labute approximate surface area is 99.2 Å². The van der Waals surface area contributed by atoms with E-state index in [4.69, 9.17) is 5.73 Å². The molecule has 0 radical (unpaired) electrons. The molecule has 0 saturated carbocycles. The second kappa shape index (κ2) is 4.35. The van der Waals surface area contributed by atoms with Crippen molar-refractivity contribution < 1.29 is 0 Å². The van der Waals surface area contributed by atoms with Gasteiger partial charge in [-0.05, 0) is 13.8 Å². The summed E-state index contributed by atoms with van der Waals surface area (Å²) in [6, 6.07) is -0.0788. The van der Waals surface area contributed by atoms with Crippen LogP contribution in [0.3, 0.4) is 0 Å². The average Bonchev–Trinajstić information content (AvgIpc) is 2.74. The molecule has 0 amide bonds. The molecule has 0 fully saturated rings. The van der Waals surface area contributed by atoms with E-state index in [1.807, 2.05) is 24.7 Å². The Balaban J connectivity index is 2.13. The number of aromatic nitrogens is 3. The summed E-state index contributed by atoms with van der Waals surface area (Å²) in [5.41, 5.74) is 7.22. The molecule has 0 bridgehead atoms. The average molecular weight is 236 g/mol. The van der Waals surface area contributed by atoms with Crippen LogP contribution in [0.4, 0.5) is 0 Å². The molecule has 0 spiro atoms. The van der Waals surface area contributed by atoms with Gasteiger partial charge in [0.05, 0.1) is 16.7 Å². The largest absolute Gasteiger partial charge is 0.337 e. The van der Waals surface area contributed by atoms with Crippen LogP contribution in [0, 0.1) is 13.8 Å². The number of aryl methyl sites for hydroxylation is 3. The Hall–Kier alpha value is -1.20. The zero-order valence-corrected chi connectivity index (χ0v) is 10.6. The van der Waals surface area contributed by atoms with E-state index >= 15 is 0 Å². The summed E-state index contributed by atoms with van der Waals surface area (Å²) in [6.45, 7) is 4.12. The lowest BCUT2D eigenvalue weighted by molar-refractivity contribution is 0.630. The molecule has 4 nitrogen and oxygen atoms in total. The van der Waals surface area contributed by atoms with E-state index in [1.54, 1.807) is 17.5 Å². The summed E-state index contributed by atoms with van der Waals surface area (Å²) in [5, 5.41) is 1.09. The van der Waals surface area contributed by atoms with Crippen LogP contribution in [0.5, 0.6) is 0 Å². The zero-order valence-electron chi connectivity index (χ0n) is 9.77. The van der Waals surface area contributed by atoms with Crippen LogP contribution in [0.15, 0.2) is 12.4 Å². The van der Waals surface area contributed by atoms with Gasteiger partial charge in [0.1, 0.15) is 5.82 Å². The summed E-state index contributed by atoms with van der Waals surface area (Å²) >= 11 is 1.72. The third kappa shape index (κ3) is 2.15. The van der Waals surface area contributed by atoms with Gasteiger partial charge in [-0.2, -0.15) is 0 Å². The fourth-order valence-corrected chi connectivity index (χ4v) is 2.63. The molecule has 2 aromatic heterocycles. The SMILES string of the molecule is Cc1nc(CC(N)c2nccn2C)sc1C. The fraction of sp³-hybridized carbons (Fsp3) is 0.455. The van der Waals surface area contributed by atoms with Crippen LogP contribution in [-0.4, -0.2) is 14.5 Å². The minimum absolute atomic E-state index is 0.0788. The maximum atomic E-state index is 6.11. The molecule has 86 valence electrons. The lowest BCUT2D eigenvalue weighted by Crippen LogP contribution is -2.17. The van der Waals surface area contributed by atoms with E-state index < -0.39 is 0 Å². The van der Waals surface area contributed by atoms with Crippen LogP contribution in [0.25, 0.3) is 0 Å². The van der Waals surface area contributed by atoms with E-state index in [0.717, 1.165) is 22.9 Å². The Morgan fingerprint density at radius 1 is 1.50 bits per heavy atom. The van der Waals surface area contributed by atoms with Gasteiger partial charge in [0, 0.05) is 30.7 Å². The molecule has 0 aromatic carbocycles. The predicted octanol–water partition coefficient (Wildman–Crippen LogP) is 1.74. The molecule has 1 unspecified atom stereocenters. The summed E-state index contributed by atoms with van der Waals surface area (Å²) in [4.78, 5) is 10.0. The molecule has 0 saturated heterocycles. The highest BCUT2D eigenvalue weighted by Gasteiger charge is 2.14. The predicted molar refractivity (Wildman–Crippen MR) is 65.4 cm³/mol. The monoisotopic (exact) mass is 236 g/mol. The molecule has 0 aliphatic carbocycles. The molecule has 1 atom stereocenters. The van der Waals surface area contributed by atoms with Crippen LogP contribution >= 0.6 is 11.3 Å². The Morgan fingerprint density at radius 3 is 2.75 bits per heavy atom. The maximum Gasteiger partial charge on any atom is 0.125 e. The highest BCUT2D eigenvalue weighted by molar-refractivity contribution is 7.11. The first-order chi connectivity index (χ1) is 7.58. The molecular weight excluding hydrogens is 220 g/mol. The van der Waals surface area contributed by atoms with Crippen molar-refractivity contribution in [3.63, 3.8) is 0 Å². The van der Waals surface area contributed by atoms with E-state index in [2.05, 4.69) is 16.9 Å². The van der Waals surface area contributed by atoms with Crippen LogP contribution in [0.2, 0.25) is 0 Å². The van der Waals surface area contributed by atoms with Gasteiger partial charge in [-0.1, -0.05) is 0 Å². The van der Waals surface area contributed by atoms with Gasteiger partial charge in [0.2, 0.25) is 0 Å². The number of thiazole rings is 1. The third-order valence-corrected chi connectivity index (χ3v) is 3.75. The first-order valence-corrected chi connectivity index (χ1v) is 6.05. The lowest BCUT2D eigenvalue weighted by atomic mass is 10.2. The van der Waals surface area contributed by atoms with Gasteiger partial charge in [0.25, 0.3) is 0 Å². The molecule has 2 rings (SSSR count). The van der Waals surface area contributed by atoms with Crippen molar-refractivity contribution in [3.8, 4) is 0 Å². The van der Waals surface area contributed by atoms with Gasteiger partial charge in [0.15, 0.2) is 0 Å². The number of hydrogen-bond donors (Lipinski definition) is 1. The third-order valence-electron chi connectivity index (χ3n) is 2.66. The summed E-state index contributed by atoms with van der Waals surface area (Å²) in [5.74, 6) is 0.908. The molecule has 2 N–H and O–H groups in total. The second-order valence-corrected chi connectivity index (χ2v) is 5.24. The van der Waals surface area contributed by atoms with Crippen LogP contribution in [-0.2, 0) is 13.5 Å². The summed E-state index contributed by atoms with van der Waals surface area (Å²) < 4.78 is 1.96. The molecule has 2 aromatic rings. The fourth-order valence-electron chi connectivity index (χ4n) is 1.64. The topological polar surface area (TPSA) is 56.7 Å². The van der Waals surface area contributed by atoms with Gasteiger partial charge in [-0.15, -0.1) is 11.3 Å². The van der Waals surface area contributed by atoms with Crippen molar-refractivity contribution in [3.05, 3.63) is 33.8 Å². The minimum atomic E-state index is -0.0788. The van der Waals surface area contributed by atoms with Crippen molar-refractivity contribution >= 4 is 11.3 Å². The van der Waals surface area contributed by atoms with Gasteiger partial charge in [-0.3, -0.25) is 0 Å². The van der Waals surface area contributed by atoms with Crippen LogP contribution in [0.1, 0.15) is 27.4 Å². The first-order valence-electron chi connectivity index (χ1n) is 5.23. The lowest BCUT2D eigenvalue weighted by Gasteiger charge is -2.09. The van der Waals surface area contributed by atoms with Gasteiger partial charge >= 0.3 is 0 Å². The number of rotatable bonds is 3. The van der Waals surface area contributed by atoms with Crippen LogP contribution < -0.4 is 5.73 Å². The normalized spacial score (nSPS) is 13.0. The van der Waals surface area contributed by atoms with Gasteiger partial charge < -0.3 is 10.3 Å². The molecule has 0 aliphatic rings. The second-order valence-electron chi connectivity index (χ2n) is 3.96. The quantitative estimate of drug-likeness (QED) is 0.883. The molecule has 2 heterocycles. The first kappa shape index (κ1) is 11.3. The zero-order chi connectivity index (χ0) is 11.7. The van der Waals surface area contributed by atoms with E-state index in [9.17, 15) is 0 Å². The van der Waals surface area contributed by atoms with Crippen molar-refractivity contribution in [2.75, 3.05) is 0 Å². The van der Waals surface area contributed by atoms with E-state index in [0.29, 0.717) is 0 Å². The molecule has 16 heavy (non-hydrogen) atoms. The number of nitrogens with zero attached hydrogens (tertiary/aromatic N) is 3. The Kier molecular flexibility index (Phi) is 3.07. The summed E-state index contributed by atoms with van der Waals surface area (Å²) in [6.07, 6.45) is 4.44. The van der Waals surface area contributed by atoms with Crippen molar-refractivity contribution in [2.24, 2.45) is 12.8 Å². The Bertz CT molecular complexity index is 466. The highest BCUT2D eigenvalue weighted by Crippen LogP contribution is 2.21. The molecular formula is C11H16N4S. The minimum Gasteiger partial charge on any atom is -0.337 e. The van der Waals surface area contributed by atoms with Crippen molar-refractivity contribution in [1.82, 2.24) is 14.5 Å². The summed E-state index contributed by atoms with van der Waals surface area (Å²) in [7, 11) is 1.96. The number of hydrogen-bond acceptors (Lipinski definition) is 4. The Morgan fingerprint density at radius 2 is 2.25 bits per heavy atom. The molecule has 5 heteroatoms. The maximum absolute atomic E-state index is 6.11. The smallest absolute Gasteiger partial charge is 0.125 e. The van der Waals surface area contributed by atoms with Crippen molar-refractivity contribution in [1.29, 1.82) is 0 Å². The standard InChI is InChI=1S/C11H16N4S/c1-7-8(2)16-10(14-7)6-9(12)11-13-4-5-15(11)3/h4-5,9H,6,12H2,1-3H3. The van der Waals surface area contributed by atoms with E-state index in [-0.39, 0.29) is 6.04 Å². The van der Waals surface area contributed by atoms with E-state index in [1.165, 1.54) is 4.88 Å². The van der Waals surface area contributed by atoms with Crippen molar-refractivity contribution in [2.45, 2.75) is 26.3 Å². The molecule has 0 aliphatic heterocycles.